The summed E-state index contributed by atoms with van der Waals surface area (Å²) in [7, 11) is 0. The van der Waals surface area contributed by atoms with E-state index in [9.17, 15) is 14.4 Å². The number of benzene rings is 1. The first kappa shape index (κ1) is 14.4. The first-order chi connectivity index (χ1) is 8.40. The van der Waals surface area contributed by atoms with E-state index in [4.69, 9.17) is 16.7 Å². The summed E-state index contributed by atoms with van der Waals surface area (Å²) in [6, 6.07) is 6.22. The van der Waals surface area contributed by atoms with Crippen molar-refractivity contribution in [3.63, 3.8) is 0 Å². The van der Waals surface area contributed by atoms with Crippen molar-refractivity contribution in [1.82, 2.24) is 0 Å². The van der Waals surface area contributed by atoms with E-state index in [-0.39, 0.29) is 24.4 Å². The van der Waals surface area contributed by atoms with E-state index in [2.05, 4.69) is 0 Å². The van der Waals surface area contributed by atoms with Crippen molar-refractivity contribution in [2.75, 3.05) is 0 Å². The Bertz CT molecular complexity index is 464. The fourth-order valence-electron chi connectivity index (χ4n) is 1.42. The Kier molecular flexibility index (Phi) is 5.04. The lowest BCUT2D eigenvalue weighted by Crippen LogP contribution is -2.17. The van der Waals surface area contributed by atoms with Crippen LogP contribution in [0.25, 0.3) is 0 Å². The third-order valence-electron chi connectivity index (χ3n) is 2.48. The van der Waals surface area contributed by atoms with Crippen LogP contribution in [-0.2, 0) is 9.59 Å². The van der Waals surface area contributed by atoms with Gasteiger partial charge in [0.1, 0.15) is 5.78 Å². The Balaban J connectivity index is 2.57. The number of hydrogen-bond donors (Lipinski definition) is 1. The molecule has 0 aliphatic carbocycles. The van der Waals surface area contributed by atoms with Gasteiger partial charge in [0.2, 0.25) is 0 Å². The quantitative estimate of drug-likeness (QED) is 0.636. The van der Waals surface area contributed by atoms with Crippen molar-refractivity contribution in [1.29, 1.82) is 0 Å². The number of rotatable bonds is 6. The van der Waals surface area contributed by atoms with Gasteiger partial charge in [-0.1, -0.05) is 18.5 Å². The van der Waals surface area contributed by atoms with Crippen LogP contribution in [0.15, 0.2) is 24.3 Å². The average molecular weight is 269 g/mol. The minimum atomic E-state index is -1.04. The molecule has 0 radical (unpaired) electrons. The predicted molar refractivity (Wildman–Crippen MR) is 66.8 cm³/mol. The zero-order valence-corrected chi connectivity index (χ0v) is 10.6. The van der Waals surface area contributed by atoms with Crippen LogP contribution >= 0.6 is 11.6 Å². The number of halogens is 1. The van der Waals surface area contributed by atoms with Crippen LogP contribution in [0, 0.1) is 5.92 Å². The van der Waals surface area contributed by atoms with Crippen molar-refractivity contribution >= 4 is 29.1 Å². The second kappa shape index (κ2) is 6.31. The van der Waals surface area contributed by atoms with E-state index >= 15 is 0 Å². The van der Waals surface area contributed by atoms with Gasteiger partial charge in [-0.25, -0.2) is 0 Å². The van der Waals surface area contributed by atoms with Gasteiger partial charge in [0, 0.05) is 17.0 Å². The van der Waals surface area contributed by atoms with Gasteiger partial charge in [0.05, 0.1) is 12.3 Å². The maximum Gasteiger partial charge on any atom is 0.306 e. The number of ketones is 2. The number of Topliss-reactive ketones (excluding diaryl/α,β-unsaturated/α-hetero) is 2. The number of carbonyl (C=O) groups excluding carboxylic acids is 2. The molecule has 0 amide bonds. The number of carbonyl (C=O) groups is 3. The zero-order chi connectivity index (χ0) is 13.7. The number of carboxylic acid groups (broad SMARTS) is 1. The monoisotopic (exact) mass is 268 g/mol. The Morgan fingerprint density at radius 2 is 1.78 bits per heavy atom. The lowest BCUT2D eigenvalue weighted by Gasteiger charge is -2.04. The van der Waals surface area contributed by atoms with Gasteiger partial charge in [-0.15, -0.1) is 0 Å². The topological polar surface area (TPSA) is 71.4 Å². The van der Waals surface area contributed by atoms with Crippen LogP contribution in [0.3, 0.4) is 0 Å². The van der Waals surface area contributed by atoms with E-state index in [1.807, 2.05) is 0 Å². The fourth-order valence-corrected chi connectivity index (χ4v) is 1.54. The standard InChI is InChI=1S/C13H13ClO4/c1-8(13(17)18)6-11(15)7-12(16)9-2-4-10(14)5-3-9/h2-5,8H,6-7H2,1H3,(H,17,18). The number of hydrogen-bond acceptors (Lipinski definition) is 3. The summed E-state index contributed by atoms with van der Waals surface area (Å²) in [6.45, 7) is 1.44. The van der Waals surface area contributed by atoms with Gasteiger partial charge >= 0.3 is 5.97 Å². The van der Waals surface area contributed by atoms with E-state index in [1.165, 1.54) is 6.92 Å². The van der Waals surface area contributed by atoms with E-state index in [0.29, 0.717) is 10.6 Å². The highest BCUT2D eigenvalue weighted by molar-refractivity contribution is 6.30. The van der Waals surface area contributed by atoms with Gasteiger partial charge in [-0.2, -0.15) is 0 Å². The summed E-state index contributed by atoms with van der Waals surface area (Å²) in [5.41, 5.74) is 0.399. The van der Waals surface area contributed by atoms with Crippen LogP contribution in [0.2, 0.25) is 5.02 Å². The molecule has 0 saturated carbocycles. The van der Waals surface area contributed by atoms with Gasteiger partial charge in [0.25, 0.3) is 0 Å². The average Bonchev–Trinajstić information content (AvgIpc) is 2.29. The van der Waals surface area contributed by atoms with Crippen molar-refractivity contribution in [2.24, 2.45) is 5.92 Å². The maximum absolute atomic E-state index is 11.7. The number of carboxylic acids is 1. The van der Waals surface area contributed by atoms with Gasteiger partial charge in [-0.05, 0) is 24.3 Å². The molecule has 96 valence electrons. The van der Waals surface area contributed by atoms with Crippen LogP contribution in [0.5, 0.6) is 0 Å². The van der Waals surface area contributed by atoms with Crippen molar-refractivity contribution in [2.45, 2.75) is 19.8 Å². The molecule has 1 aromatic rings. The van der Waals surface area contributed by atoms with Crippen LogP contribution in [0.1, 0.15) is 30.1 Å². The molecule has 4 nitrogen and oxygen atoms in total. The van der Waals surface area contributed by atoms with E-state index in [1.54, 1.807) is 24.3 Å². The zero-order valence-electron chi connectivity index (χ0n) is 9.85. The molecule has 0 saturated heterocycles. The fraction of sp³-hybridized carbons (Fsp3) is 0.308. The molecule has 0 fully saturated rings. The molecule has 1 atom stereocenters. The van der Waals surface area contributed by atoms with E-state index in [0.717, 1.165) is 0 Å². The van der Waals surface area contributed by atoms with Crippen LogP contribution in [0.4, 0.5) is 0 Å². The Hall–Kier alpha value is -1.68. The molecule has 0 heterocycles. The summed E-state index contributed by atoms with van der Waals surface area (Å²) in [5.74, 6) is -2.50. The molecular weight excluding hydrogens is 256 g/mol. The summed E-state index contributed by atoms with van der Waals surface area (Å²) in [6.07, 6.45) is -0.409. The Morgan fingerprint density at radius 1 is 1.22 bits per heavy atom. The second-order valence-electron chi connectivity index (χ2n) is 4.09. The summed E-state index contributed by atoms with van der Waals surface area (Å²) < 4.78 is 0. The SMILES string of the molecule is CC(CC(=O)CC(=O)c1ccc(Cl)cc1)C(=O)O. The molecule has 1 rings (SSSR count). The van der Waals surface area contributed by atoms with E-state index < -0.39 is 11.9 Å². The highest BCUT2D eigenvalue weighted by Gasteiger charge is 2.18. The molecule has 18 heavy (non-hydrogen) atoms. The van der Waals surface area contributed by atoms with Crippen molar-refractivity contribution in [3.05, 3.63) is 34.9 Å². The minimum Gasteiger partial charge on any atom is -0.481 e. The van der Waals surface area contributed by atoms with Crippen molar-refractivity contribution < 1.29 is 19.5 Å². The van der Waals surface area contributed by atoms with Crippen LogP contribution < -0.4 is 0 Å². The first-order valence-electron chi connectivity index (χ1n) is 5.43. The lowest BCUT2D eigenvalue weighted by atomic mass is 9.99. The molecule has 5 heteroatoms. The third-order valence-corrected chi connectivity index (χ3v) is 2.73. The van der Waals surface area contributed by atoms with Gasteiger partial charge in [0.15, 0.2) is 5.78 Å². The molecule has 1 N–H and O–H groups in total. The maximum atomic E-state index is 11.7. The molecule has 0 aliphatic heterocycles. The summed E-state index contributed by atoms with van der Waals surface area (Å²) in [5, 5.41) is 9.17. The molecule has 1 aromatic carbocycles. The molecule has 0 aliphatic rings. The Labute approximate surface area is 110 Å². The van der Waals surface area contributed by atoms with Crippen molar-refractivity contribution in [3.8, 4) is 0 Å². The second-order valence-corrected chi connectivity index (χ2v) is 4.53. The first-order valence-corrected chi connectivity index (χ1v) is 5.81. The highest BCUT2D eigenvalue weighted by Crippen LogP contribution is 2.12. The summed E-state index contributed by atoms with van der Waals surface area (Å²) in [4.78, 5) is 33.8. The number of aliphatic carboxylic acids is 1. The molecule has 0 spiro atoms. The minimum absolute atomic E-state index is 0.130. The Morgan fingerprint density at radius 3 is 2.28 bits per heavy atom. The van der Waals surface area contributed by atoms with Gasteiger partial charge < -0.3 is 5.11 Å². The highest BCUT2D eigenvalue weighted by atomic mass is 35.5. The third kappa shape index (κ3) is 4.30. The van der Waals surface area contributed by atoms with Crippen LogP contribution in [-0.4, -0.2) is 22.6 Å². The summed E-state index contributed by atoms with van der Waals surface area (Å²) >= 11 is 5.68. The molecule has 0 aromatic heterocycles. The molecular formula is C13H13ClO4. The predicted octanol–water partition coefficient (Wildman–Crippen LogP) is 2.59. The molecule has 1 unspecified atom stereocenters. The lowest BCUT2D eigenvalue weighted by molar-refractivity contribution is -0.143. The van der Waals surface area contributed by atoms with Gasteiger partial charge in [-0.3, -0.25) is 14.4 Å². The normalized spacial score (nSPS) is 11.9. The smallest absolute Gasteiger partial charge is 0.306 e. The molecule has 0 bridgehead atoms. The largest absolute Gasteiger partial charge is 0.481 e.